The smallest absolute Gasteiger partial charge is 0.457 e. The van der Waals surface area contributed by atoms with Gasteiger partial charge in [-0.3, -0.25) is 13.8 Å². The number of nitrogens with two attached hydrogens (primary N) is 1. The molecule has 0 spiro atoms. The summed E-state index contributed by atoms with van der Waals surface area (Å²) in [6.45, 7) is 4.64. The number of esters is 1. The highest BCUT2D eigenvalue weighted by Gasteiger charge is 2.25. The average molecular weight is 832 g/mol. The number of ether oxygens (including phenoxy) is 2. The Bertz CT molecular complexity index is 1160. The van der Waals surface area contributed by atoms with Crippen LogP contribution < -0.4 is 5.73 Å². The first-order valence-electron chi connectivity index (χ1n) is 23.1. The number of hydrogen-bond acceptors (Lipinski definition) is 7. The van der Waals surface area contributed by atoms with Crippen molar-refractivity contribution in [2.24, 2.45) is 5.73 Å². The first-order chi connectivity index (χ1) is 28.4. The van der Waals surface area contributed by atoms with Crippen molar-refractivity contribution in [2.75, 3.05) is 33.0 Å². The third-order valence-corrected chi connectivity index (χ3v) is 10.3. The summed E-state index contributed by atoms with van der Waals surface area (Å²) in [5.74, 6) is -0.362. The molecule has 0 saturated carbocycles. The first-order valence-corrected chi connectivity index (χ1v) is 24.6. The minimum atomic E-state index is -4.29. The third-order valence-electron chi connectivity index (χ3n) is 9.31. The number of hydrogen-bond donors (Lipinski definition) is 2. The molecule has 0 rings (SSSR count). The van der Waals surface area contributed by atoms with E-state index in [2.05, 4.69) is 98.9 Å². The largest absolute Gasteiger partial charge is 0.472 e. The van der Waals surface area contributed by atoms with Crippen LogP contribution in [0.2, 0.25) is 0 Å². The van der Waals surface area contributed by atoms with E-state index in [9.17, 15) is 14.3 Å². The van der Waals surface area contributed by atoms with Crippen molar-refractivity contribution in [1.82, 2.24) is 0 Å². The summed E-state index contributed by atoms with van der Waals surface area (Å²) in [7, 11) is -4.29. The number of rotatable bonds is 43. The maximum atomic E-state index is 12.6. The Balaban J connectivity index is 3.95. The lowest BCUT2D eigenvalue weighted by Crippen LogP contribution is -2.28. The van der Waals surface area contributed by atoms with Crippen LogP contribution in [0.3, 0.4) is 0 Å². The van der Waals surface area contributed by atoms with Gasteiger partial charge in [0.2, 0.25) is 0 Å². The van der Waals surface area contributed by atoms with Gasteiger partial charge in [-0.2, -0.15) is 0 Å². The molecule has 58 heavy (non-hydrogen) atoms. The van der Waals surface area contributed by atoms with Gasteiger partial charge < -0.3 is 20.1 Å². The van der Waals surface area contributed by atoms with E-state index in [4.69, 9.17) is 24.3 Å². The van der Waals surface area contributed by atoms with Gasteiger partial charge in [-0.15, -0.1) is 0 Å². The molecule has 334 valence electrons. The predicted molar refractivity (Wildman–Crippen MR) is 247 cm³/mol. The fraction of sp³-hybridized carbons (Fsp3) is 0.694. The average Bonchev–Trinajstić information content (AvgIpc) is 3.21. The monoisotopic (exact) mass is 832 g/mol. The van der Waals surface area contributed by atoms with E-state index in [1.807, 2.05) is 0 Å². The van der Waals surface area contributed by atoms with Crippen LogP contribution in [0.5, 0.6) is 0 Å². The lowest BCUT2D eigenvalue weighted by atomic mass is 10.0. The van der Waals surface area contributed by atoms with Gasteiger partial charge in [0.05, 0.1) is 19.8 Å². The van der Waals surface area contributed by atoms with Gasteiger partial charge in [0.25, 0.3) is 0 Å². The van der Waals surface area contributed by atoms with Gasteiger partial charge in [-0.05, 0) is 83.5 Å². The molecule has 0 fully saturated rings. The number of phosphoric acid groups is 1. The molecule has 0 aliphatic heterocycles. The van der Waals surface area contributed by atoms with Crippen molar-refractivity contribution >= 4 is 13.8 Å². The van der Waals surface area contributed by atoms with Gasteiger partial charge in [0, 0.05) is 19.6 Å². The standard InChI is InChI=1S/C49H86NO7P/c1-3-5-7-9-11-13-15-17-18-19-20-21-22-23-24-25-26-27-28-29-31-33-35-37-39-41-44-54-46-48(47-56-58(52,53)55-45-43-50)57-49(51)42-40-38-36-34-32-30-16-14-12-10-8-6-4-2/h5-8,11-14,17-18,20-21,30,32,48H,3-4,9-10,15-16,19,22-29,31,33-47,50H2,1-2H3,(H,52,53)/b7-5-,8-6-,13-11-,14-12-,18-17-,21-20-,32-30-. The highest BCUT2D eigenvalue weighted by Crippen LogP contribution is 2.43. The molecular formula is C49H86NO7P. The van der Waals surface area contributed by atoms with Crippen molar-refractivity contribution in [1.29, 1.82) is 0 Å². The normalized spacial score (nSPS) is 14.2. The molecule has 3 N–H and O–H groups in total. The van der Waals surface area contributed by atoms with E-state index in [-0.39, 0.29) is 38.8 Å². The Morgan fingerprint density at radius 1 is 0.517 bits per heavy atom. The van der Waals surface area contributed by atoms with Crippen LogP contribution in [-0.4, -0.2) is 49.9 Å². The molecule has 0 bridgehead atoms. The summed E-state index contributed by atoms with van der Waals surface area (Å²) < 4.78 is 33.4. The van der Waals surface area contributed by atoms with Gasteiger partial charge in [0.15, 0.2) is 0 Å². The Morgan fingerprint density at radius 2 is 0.914 bits per heavy atom. The minimum absolute atomic E-state index is 0.0915. The highest BCUT2D eigenvalue weighted by atomic mass is 31.2. The number of phosphoric ester groups is 1. The van der Waals surface area contributed by atoms with Crippen molar-refractivity contribution < 1.29 is 32.8 Å². The van der Waals surface area contributed by atoms with E-state index in [1.165, 1.54) is 77.0 Å². The highest BCUT2D eigenvalue weighted by molar-refractivity contribution is 7.47. The lowest BCUT2D eigenvalue weighted by molar-refractivity contribution is -0.154. The first kappa shape index (κ1) is 55.7. The van der Waals surface area contributed by atoms with Crippen LogP contribution in [0.25, 0.3) is 0 Å². The molecular weight excluding hydrogens is 746 g/mol. The molecule has 0 aromatic rings. The van der Waals surface area contributed by atoms with E-state index < -0.39 is 13.9 Å². The molecule has 0 aliphatic carbocycles. The maximum absolute atomic E-state index is 12.6. The zero-order chi connectivity index (χ0) is 42.3. The van der Waals surface area contributed by atoms with Crippen molar-refractivity contribution in [3.8, 4) is 0 Å². The second kappa shape index (κ2) is 45.8. The molecule has 0 aliphatic rings. The third kappa shape index (κ3) is 44.8. The van der Waals surface area contributed by atoms with Crippen LogP contribution in [-0.2, 0) is 27.9 Å². The fourth-order valence-corrected chi connectivity index (χ4v) is 6.77. The van der Waals surface area contributed by atoms with Crippen LogP contribution in [0.4, 0.5) is 0 Å². The van der Waals surface area contributed by atoms with Crippen molar-refractivity contribution in [3.63, 3.8) is 0 Å². The van der Waals surface area contributed by atoms with Gasteiger partial charge in [0.1, 0.15) is 6.10 Å². The predicted octanol–water partition coefficient (Wildman–Crippen LogP) is 14.1. The summed E-state index contributed by atoms with van der Waals surface area (Å²) in [5.41, 5.74) is 5.37. The Morgan fingerprint density at radius 3 is 1.36 bits per heavy atom. The summed E-state index contributed by atoms with van der Waals surface area (Å²) in [6, 6.07) is 0. The van der Waals surface area contributed by atoms with E-state index in [0.717, 1.165) is 83.5 Å². The Kier molecular flexibility index (Phi) is 43.9. The molecule has 0 saturated heterocycles. The van der Waals surface area contributed by atoms with Crippen molar-refractivity contribution in [2.45, 2.75) is 187 Å². The van der Waals surface area contributed by atoms with E-state index in [1.54, 1.807) is 0 Å². The van der Waals surface area contributed by atoms with Crippen LogP contribution in [0.1, 0.15) is 181 Å². The molecule has 2 unspecified atom stereocenters. The Hall–Kier alpha value is -2.32. The number of carbonyl (C=O) groups is 1. The molecule has 0 aromatic heterocycles. The minimum Gasteiger partial charge on any atom is -0.457 e. The second-order valence-corrected chi connectivity index (χ2v) is 16.3. The zero-order valence-electron chi connectivity index (χ0n) is 37.0. The van der Waals surface area contributed by atoms with Gasteiger partial charge >= 0.3 is 13.8 Å². The van der Waals surface area contributed by atoms with Crippen LogP contribution in [0, 0.1) is 0 Å². The quantitative estimate of drug-likeness (QED) is 0.0270. The molecule has 8 nitrogen and oxygen atoms in total. The van der Waals surface area contributed by atoms with Crippen LogP contribution >= 0.6 is 7.82 Å². The molecule has 0 aromatic carbocycles. The molecule has 2 atom stereocenters. The second-order valence-electron chi connectivity index (χ2n) is 14.9. The lowest BCUT2D eigenvalue weighted by Gasteiger charge is -2.20. The van der Waals surface area contributed by atoms with Crippen molar-refractivity contribution in [3.05, 3.63) is 85.1 Å². The SMILES string of the molecule is CC/C=C\C/C=C\C/C=C\C/C=C\CCCCCCCCCCCCCCCOCC(COP(=O)(O)OCCN)OC(=O)CCCCC/C=C\C/C=C\C/C=C\CC. The maximum Gasteiger partial charge on any atom is 0.472 e. The number of unbranched alkanes of at least 4 members (excludes halogenated alkanes) is 16. The summed E-state index contributed by atoms with van der Waals surface area (Å²) >= 11 is 0. The molecule has 0 amide bonds. The van der Waals surface area contributed by atoms with Gasteiger partial charge in [-0.25, -0.2) is 4.57 Å². The number of carbonyl (C=O) groups excluding carboxylic acids is 1. The van der Waals surface area contributed by atoms with Gasteiger partial charge in [-0.1, -0.05) is 176 Å². The van der Waals surface area contributed by atoms with E-state index in [0.29, 0.717) is 6.61 Å². The van der Waals surface area contributed by atoms with Crippen LogP contribution in [0.15, 0.2) is 85.1 Å². The summed E-state index contributed by atoms with van der Waals surface area (Å²) in [5, 5.41) is 0. The van der Waals surface area contributed by atoms with E-state index >= 15 is 0 Å². The summed E-state index contributed by atoms with van der Waals surface area (Å²) in [6.07, 6.45) is 59.1. The Labute approximate surface area is 356 Å². The molecule has 0 radical (unpaired) electrons. The topological polar surface area (TPSA) is 117 Å². The molecule has 9 heteroatoms. The number of allylic oxidation sites excluding steroid dienone is 14. The molecule has 0 heterocycles. The summed E-state index contributed by atoms with van der Waals surface area (Å²) in [4.78, 5) is 22.5. The fourth-order valence-electron chi connectivity index (χ4n) is 6.00. The zero-order valence-corrected chi connectivity index (χ0v) is 37.9.